The molecule has 1 atom stereocenters. The van der Waals surface area contributed by atoms with Crippen LogP contribution in [0.25, 0.3) is 0 Å². The van der Waals surface area contributed by atoms with E-state index >= 15 is 0 Å². The third-order valence-electron chi connectivity index (χ3n) is 5.90. The average molecular weight is 524 g/mol. The van der Waals surface area contributed by atoms with Crippen molar-refractivity contribution in [3.63, 3.8) is 0 Å². The summed E-state index contributed by atoms with van der Waals surface area (Å²) in [4.78, 5) is 25.7. The number of carbonyl (C=O) groups is 2. The molecule has 0 heterocycles. The van der Waals surface area contributed by atoms with E-state index in [-0.39, 0.29) is 25.3 Å². The number of carboxylic acids is 1. The van der Waals surface area contributed by atoms with E-state index in [9.17, 15) is 19.1 Å². The highest BCUT2D eigenvalue weighted by Crippen LogP contribution is 2.18. The zero-order chi connectivity index (χ0) is 27.2. The summed E-state index contributed by atoms with van der Waals surface area (Å²) < 4.78 is 30.4. The molecule has 0 spiro atoms. The van der Waals surface area contributed by atoms with Crippen LogP contribution in [-0.2, 0) is 22.4 Å². The molecule has 0 aromatic heterocycles. The second-order valence-electron chi connectivity index (χ2n) is 8.71. The Balaban J connectivity index is 1.54. The van der Waals surface area contributed by atoms with E-state index in [4.69, 9.17) is 14.2 Å². The second-order valence-corrected chi connectivity index (χ2v) is 8.71. The molecule has 0 aliphatic heterocycles. The number of carbonyl (C=O) groups excluding carboxylic acids is 1. The van der Waals surface area contributed by atoms with Gasteiger partial charge in [0.25, 0.3) is 0 Å². The average Bonchev–Trinajstić information content (AvgIpc) is 2.92. The van der Waals surface area contributed by atoms with E-state index in [1.807, 2.05) is 18.2 Å². The van der Waals surface area contributed by atoms with Crippen LogP contribution < -0.4 is 9.47 Å². The van der Waals surface area contributed by atoms with Gasteiger partial charge in [-0.15, -0.1) is 0 Å². The lowest BCUT2D eigenvalue weighted by Crippen LogP contribution is -2.37. The molecule has 8 heteroatoms. The second kappa shape index (κ2) is 15.4. The largest absolute Gasteiger partial charge is 0.492 e. The first-order chi connectivity index (χ1) is 18.5. The standard InChI is InChI=1S/C30H34FNO6/c1-2-36-28(29(33)34)22-24-15-17-25(18-16-24)37-21-20-32(19-9-8-12-23-10-4-3-5-11-23)30(35)38-27-14-7-6-13-26(27)31/h3-7,10-11,13-18,28H,2,8-9,12,19-22H2,1H3,(H,33,34). The lowest BCUT2D eigenvalue weighted by Gasteiger charge is -2.22. The van der Waals surface area contributed by atoms with Gasteiger partial charge in [-0.2, -0.15) is 0 Å². The molecule has 202 valence electrons. The van der Waals surface area contributed by atoms with Crippen molar-refractivity contribution in [3.05, 3.63) is 95.8 Å². The number of unbranched alkanes of at least 4 members (excludes halogenated alkanes) is 1. The molecule has 0 radical (unpaired) electrons. The summed E-state index contributed by atoms with van der Waals surface area (Å²) in [5, 5.41) is 9.26. The molecule has 3 aromatic carbocycles. The molecule has 3 rings (SSSR count). The molecule has 0 fully saturated rings. The minimum absolute atomic E-state index is 0.116. The van der Waals surface area contributed by atoms with Crippen molar-refractivity contribution < 1.29 is 33.3 Å². The van der Waals surface area contributed by atoms with Crippen molar-refractivity contribution in [2.45, 2.75) is 38.7 Å². The number of ether oxygens (including phenoxy) is 3. The van der Waals surface area contributed by atoms with Gasteiger partial charge in [-0.05, 0) is 61.6 Å². The Morgan fingerprint density at radius 3 is 2.29 bits per heavy atom. The summed E-state index contributed by atoms with van der Waals surface area (Å²) in [6.45, 7) is 2.98. The molecule has 1 N–H and O–H groups in total. The Labute approximate surface area is 222 Å². The summed E-state index contributed by atoms with van der Waals surface area (Å²) in [6, 6.07) is 23.0. The SMILES string of the molecule is CCOC(Cc1ccc(OCCN(CCCCc2ccccc2)C(=O)Oc2ccccc2F)cc1)C(=O)O. The maximum absolute atomic E-state index is 14.0. The normalized spacial score (nSPS) is 11.5. The number of rotatable bonds is 15. The monoisotopic (exact) mass is 523 g/mol. The molecule has 38 heavy (non-hydrogen) atoms. The number of aliphatic carboxylic acids is 1. The molecule has 3 aromatic rings. The Hall–Kier alpha value is -3.91. The Kier molecular flexibility index (Phi) is 11.6. The minimum atomic E-state index is -1.00. The van der Waals surface area contributed by atoms with Crippen LogP contribution in [0.15, 0.2) is 78.9 Å². The van der Waals surface area contributed by atoms with Crippen LogP contribution in [-0.4, -0.2) is 54.5 Å². The fraction of sp³-hybridized carbons (Fsp3) is 0.333. The van der Waals surface area contributed by atoms with E-state index in [1.54, 1.807) is 37.3 Å². The van der Waals surface area contributed by atoms with Gasteiger partial charge in [0.1, 0.15) is 12.4 Å². The first-order valence-corrected chi connectivity index (χ1v) is 12.8. The van der Waals surface area contributed by atoms with Crippen molar-refractivity contribution >= 4 is 12.1 Å². The highest BCUT2D eigenvalue weighted by atomic mass is 19.1. The van der Waals surface area contributed by atoms with Crippen molar-refractivity contribution in [3.8, 4) is 11.5 Å². The van der Waals surface area contributed by atoms with Gasteiger partial charge in [-0.1, -0.05) is 54.6 Å². The number of hydrogen-bond donors (Lipinski definition) is 1. The van der Waals surface area contributed by atoms with Crippen LogP contribution in [0, 0.1) is 5.82 Å². The van der Waals surface area contributed by atoms with E-state index in [1.165, 1.54) is 28.7 Å². The predicted molar refractivity (Wildman–Crippen MR) is 142 cm³/mol. The summed E-state index contributed by atoms with van der Waals surface area (Å²) in [5.74, 6) is -1.13. The van der Waals surface area contributed by atoms with Gasteiger partial charge in [0, 0.05) is 19.6 Å². The number of amides is 1. The molecule has 1 unspecified atom stereocenters. The Morgan fingerprint density at radius 1 is 0.895 bits per heavy atom. The van der Waals surface area contributed by atoms with E-state index < -0.39 is 24.0 Å². The Bertz CT molecular complexity index is 1140. The number of para-hydroxylation sites is 1. The maximum atomic E-state index is 14.0. The van der Waals surface area contributed by atoms with Crippen molar-refractivity contribution in [1.82, 2.24) is 4.90 Å². The van der Waals surface area contributed by atoms with Gasteiger partial charge in [0.05, 0.1) is 6.54 Å². The van der Waals surface area contributed by atoms with Gasteiger partial charge in [-0.25, -0.2) is 14.0 Å². The van der Waals surface area contributed by atoms with E-state index in [2.05, 4.69) is 12.1 Å². The quantitative estimate of drug-likeness (QED) is 0.255. The molecule has 0 saturated carbocycles. The molecular weight excluding hydrogens is 489 g/mol. The van der Waals surface area contributed by atoms with Crippen LogP contribution in [0.3, 0.4) is 0 Å². The number of benzene rings is 3. The minimum Gasteiger partial charge on any atom is -0.492 e. The van der Waals surface area contributed by atoms with Gasteiger partial charge >= 0.3 is 12.1 Å². The first-order valence-electron chi connectivity index (χ1n) is 12.8. The van der Waals surface area contributed by atoms with Crippen LogP contribution >= 0.6 is 0 Å². The molecular formula is C30H34FNO6. The molecule has 7 nitrogen and oxygen atoms in total. The number of carboxylic acid groups (broad SMARTS) is 1. The molecule has 0 aliphatic rings. The van der Waals surface area contributed by atoms with Gasteiger partial charge in [0.2, 0.25) is 0 Å². The predicted octanol–water partition coefficient (Wildman–Crippen LogP) is 5.76. The number of halogens is 1. The van der Waals surface area contributed by atoms with Crippen molar-refractivity contribution in [1.29, 1.82) is 0 Å². The summed E-state index contributed by atoms with van der Waals surface area (Å²) in [7, 11) is 0. The summed E-state index contributed by atoms with van der Waals surface area (Å²) in [5.41, 5.74) is 2.04. The van der Waals surface area contributed by atoms with Crippen LogP contribution in [0.5, 0.6) is 11.5 Å². The van der Waals surface area contributed by atoms with Gasteiger partial charge < -0.3 is 24.2 Å². The van der Waals surface area contributed by atoms with E-state index in [0.717, 1.165) is 24.8 Å². The van der Waals surface area contributed by atoms with Crippen LogP contribution in [0.4, 0.5) is 9.18 Å². The lowest BCUT2D eigenvalue weighted by atomic mass is 10.1. The van der Waals surface area contributed by atoms with Crippen molar-refractivity contribution in [2.24, 2.45) is 0 Å². The van der Waals surface area contributed by atoms with Crippen LogP contribution in [0.2, 0.25) is 0 Å². The lowest BCUT2D eigenvalue weighted by molar-refractivity contribution is -0.149. The van der Waals surface area contributed by atoms with E-state index in [0.29, 0.717) is 18.9 Å². The fourth-order valence-corrected chi connectivity index (χ4v) is 3.89. The summed E-state index contributed by atoms with van der Waals surface area (Å²) >= 11 is 0. The highest BCUT2D eigenvalue weighted by molar-refractivity contribution is 5.72. The highest BCUT2D eigenvalue weighted by Gasteiger charge is 2.19. The molecule has 1 amide bonds. The zero-order valence-corrected chi connectivity index (χ0v) is 21.6. The number of hydrogen-bond acceptors (Lipinski definition) is 5. The number of nitrogens with zero attached hydrogens (tertiary/aromatic N) is 1. The van der Waals surface area contributed by atoms with Gasteiger partial charge in [-0.3, -0.25) is 0 Å². The first kappa shape index (κ1) is 28.7. The number of aryl methyl sites for hydroxylation is 1. The third-order valence-corrected chi connectivity index (χ3v) is 5.90. The smallest absolute Gasteiger partial charge is 0.415 e. The molecule has 0 bridgehead atoms. The molecule has 0 aliphatic carbocycles. The maximum Gasteiger partial charge on any atom is 0.415 e. The van der Waals surface area contributed by atoms with Crippen molar-refractivity contribution in [2.75, 3.05) is 26.3 Å². The zero-order valence-electron chi connectivity index (χ0n) is 21.6. The van der Waals surface area contributed by atoms with Gasteiger partial charge in [0.15, 0.2) is 17.7 Å². The molecule has 0 saturated heterocycles. The summed E-state index contributed by atoms with van der Waals surface area (Å²) in [6.07, 6.45) is 1.25. The Morgan fingerprint density at radius 2 is 1.61 bits per heavy atom. The van der Waals surface area contributed by atoms with Crippen LogP contribution in [0.1, 0.15) is 30.9 Å². The topological polar surface area (TPSA) is 85.3 Å². The fourth-order valence-electron chi connectivity index (χ4n) is 3.89. The third kappa shape index (κ3) is 9.52.